The Hall–Kier alpha value is -2.92. The molecule has 0 bridgehead atoms. The van der Waals surface area contributed by atoms with E-state index in [1.807, 2.05) is 36.5 Å². The summed E-state index contributed by atoms with van der Waals surface area (Å²) < 4.78 is 0. The predicted molar refractivity (Wildman–Crippen MR) is 103 cm³/mol. The van der Waals surface area contributed by atoms with Crippen molar-refractivity contribution in [2.24, 2.45) is 5.73 Å². The lowest BCUT2D eigenvalue weighted by molar-refractivity contribution is 0.0937. The second-order valence-electron chi connectivity index (χ2n) is 6.67. The second-order valence-corrected chi connectivity index (χ2v) is 6.67. The summed E-state index contributed by atoms with van der Waals surface area (Å²) in [4.78, 5) is 13.0. The molecular formula is C21H22N4O. The van der Waals surface area contributed by atoms with E-state index in [0.717, 1.165) is 47.2 Å². The summed E-state index contributed by atoms with van der Waals surface area (Å²) in [7, 11) is 0. The van der Waals surface area contributed by atoms with Crippen LogP contribution in [0.5, 0.6) is 0 Å². The number of allylic oxidation sites excluding steroid dienone is 1. The van der Waals surface area contributed by atoms with Crippen LogP contribution in [0.25, 0.3) is 17.2 Å². The Balaban J connectivity index is 1.60. The average molecular weight is 346 g/mol. The maximum absolute atomic E-state index is 13.0. The van der Waals surface area contributed by atoms with Crippen molar-refractivity contribution in [1.82, 2.24) is 15.5 Å². The van der Waals surface area contributed by atoms with Gasteiger partial charge in [0.15, 0.2) is 0 Å². The number of hydrogen-bond donors (Lipinski definition) is 3. The number of H-pyrrole nitrogens is 1. The van der Waals surface area contributed by atoms with Gasteiger partial charge in [-0.05, 0) is 42.5 Å². The first kappa shape index (κ1) is 16.5. The van der Waals surface area contributed by atoms with Crippen molar-refractivity contribution in [2.75, 3.05) is 6.54 Å². The molecule has 0 radical (unpaired) electrons. The number of rotatable bonds is 5. The SMILES string of the molecule is NC[C@H](Cc1ccccc1)NC(=O)c1cc2c[nH]nc3c-2c1CCC=C3. The van der Waals surface area contributed by atoms with Gasteiger partial charge in [-0.25, -0.2) is 0 Å². The van der Waals surface area contributed by atoms with E-state index in [0.29, 0.717) is 6.54 Å². The number of carbonyl (C=O) groups excluding carboxylic acids is 1. The standard InChI is InChI=1S/C21H22N4O/c22-12-16(10-14-6-2-1-3-7-14)24-21(26)18-11-15-13-23-25-19-9-5-4-8-17(18)20(15)19/h1-3,5-7,9,11,13,16,23H,4,8,10,12,22H2,(H,24,26)/t16-/m0/s1. The van der Waals surface area contributed by atoms with Gasteiger partial charge in [0.2, 0.25) is 0 Å². The Morgan fingerprint density at radius 3 is 2.96 bits per heavy atom. The maximum atomic E-state index is 13.0. The summed E-state index contributed by atoms with van der Waals surface area (Å²) in [6.45, 7) is 0.401. The monoisotopic (exact) mass is 346 g/mol. The van der Waals surface area contributed by atoms with Crippen LogP contribution in [-0.2, 0) is 12.8 Å². The van der Waals surface area contributed by atoms with Gasteiger partial charge in [-0.1, -0.05) is 36.4 Å². The minimum Gasteiger partial charge on any atom is -0.348 e. The molecule has 0 aromatic heterocycles. The molecule has 0 spiro atoms. The highest BCUT2D eigenvalue weighted by Gasteiger charge is 2.25. The van der Waals surface area contributed by atoms with Crippen LogP contribution in [0.3, 0.4) is 0 Å². The predicted octanol–water partition coefficient (Wildman–Crippen LogP) is 2.77. The van der Waals surface area contributed by atoms with Gasteiger partial charge in [0.25, 0.3) is 5.91 Å². The number of benzene rings is 1. The Morgan fingerprint density at radius 1 is 1.31 bits per heavy atom. The third-order valence-corrected chi connectivity index (χ3v) is 4.90. The van der Waals surface area contributed by atoms with Crippen LogP contribution in [-0.4, -0.2) is 28.7 Å². The quantitative estimate of drug-likeness (QED) is 0.664. The molecule has 5 nitrogen and oxygen atoms in total. The molecule has 26 heavy (non-hydrogen) atoms. The summed E-state index contributed by atoms with van der Waals surface area (Å²) in [5, 5.41) is 10.4. The fourth-order valence-corrected chi connectivity index (χ4v) is 3.63. The van der Waals surface area contributed by atoms with Gasteiger partial charge < -0.3 is 11.1 Å². The van der Waals surface area contributed by atoms with Crippen molar-refractivity contribution in [3.8, 4) is 11.1 Å². The Labute approximate surface area is 152 Å². The van der Waals surface area contributed by atoms with Crippen molar-refractivity contribution < 1.29 is 4.79 Å². The van der Waals surface area contributed by atoms with Gasteiger partial charge >= 0.3 is 0 Å². The average Bonchev–Trinajstić information content (AvgIpc) is 2.90. The van der Waals surface area contributed by atoms with Gasteiger partial charge in [0.05, 0.1) is 5.69 Å². The molecule has 0 saturated heterocycles. The molecule has 3 aliphatic rings. The highest BCUT2D eigenvalue weighted by atomic mass is 16.1. The maximum Gasteiger partial charge on any atom is 0.251 e. The van der Waals surface area contributed by atoms with E-state index >= 15 is 0 Å². The Bertz CT molecular complexity index is 913. The van der Waals surface area contributed by atoms with E-state index in [-0.39, 0.29) is 11.9 Å². The van der Waals surface area contributed by atoms with Crippen LogP contribution in [0, 0.1) is 0 Å². The normalized spacial score (nSPS) is 14.2. The van der Waals surface area contributed by atoms with E-state index in [2.05, 4.69) is 33.7 Å². The molecule has 1 heterocycles. The van der Waals surface area contributed by atoms with Crippen LogP contribution < -0.4 is 11.1 Å². The largest absolute Gasteiger partial charge is 0.348 e. The number of nitrogens with zero attached hydrogens (tertiary/aromatic N) is 1. The summed E-state index contributed by atoms with van der Waals surface area (Å²) >= 11 is 0. The van der Waals surface area contributed by atoms with E-state index in [1.54, 1.807) is 0 Å². The van der Waals surface area contributed by atoms with E-state index in [9.17, 15) is 4.79 Å². The van der Waals surface area contributed by atoms with Crippen molar-refractivity contribution in [1.29, 1.82) is 0 Å². The topological polar surface area (TPSA) is 83.8 Å². The Kier molecular flexibility index (Phi) is 4.54. The number of nitrogens with two attached hydrogens (primary N) is 1. The third-order valence-electron chi connectivity index (χ3n) is 4.90. The minimum absolute atomic E-state index is 0.0598. The first-order valence-corrected chi connectivity index (χ1v) is 8.97. The van der Waals surface area contributed by atoms with Crippen LogP contribution in [0.15, 0.2) is 48.7 Å². The molecule has 1 aliphatic heterocycles. The third kappa shape index (κ3) is 3.13. The summed E-state index contributed by atoms with van der Waals surface area (Å²) in [5.41, 5.74) is 11.9. The van der Waals surface area contributed by atoms with Gasteiger partial charge in [-0.3, -0.25) is 9.89 Å². The number of hydrogen-bond acceptors (Lipinski definition) is 3. The molecular weight excluding hydrogens is 324 g/mol. The van der Waals surface area contributed by atoms with Crippen molar-refractivity contribution >= 4 is 12.0 Å². The molecule has 1 amide bonds. The molecule has 1 aromatic carbocycles. The molecule has 2 aliphatic carbocycles. The smallest absolute Gasteiger partial charge is 0.251 e. The molecule has 0 saturated carbocycles. The zero-order valence-electron chi connectivity index (χ0n) is 14.5. The lowest BCUT2D eigenvalue weighted by atomic mass is 10.0. The first-order valence-electron chi connectivity index (χ1n) is 8.97. The van der Waals surface area contributed by atoms with Crippen LogP contribution in [0.2, 0.25) is 0 Å². The van der Waals surface area contributed by atoms with Crippen molar-refractivity contribution in [2.45, 2.75) is 25.3 Å². The van der Waals surface area contributed by atoms with Gasteiger partial charge in [0.1, 0.15) is 0 Å². The fraction of sp³-hybridized carbons (Fsp3) is 0.238. The number of aromatic nitrogens is 2. The second kappa shape index (κ2) is 7.14. The minimum atomic E-state index is -0.0943. The highest BCUT2D eigenvalue weighted by Crippen LogP contribution is 2.36. The molecule has 132 valence electrons. The van der Waals surface area contributed by atoms with Crippen molar-refractivity contribution in [3.63, 3.8) is 0 Å². The molecule has 1 aromatic rings. The summed E-state index contributed by atoms with van der Waals surface area (Å²) in [6, 6.07) is 12.0. The molecule has 0 unspecified atom stereocenters. The van der Waals surface area contributed by atoms with Gasteiger partial charge in [0, 0.05) is 35.5 Å². The number of aromatic amines is 1. The fourth-order valence-electron chi connectivity index (χ4n) is 3.63. The first-order chi connectivity index (χ1) is 12.8. The van der Waals surface area contributed by atoms with E-state index in [4.69, 9.17) is 5.73 Å². The molecule has 0 fully saturated rings. The molecule has 1 atom stereocenters. The number of amides is 1. The molecule has 4 N–H and O–H groups in total. The van der Waals surface area contributed by atoms with E-state index in [1.165, 1.54) is 5.56 Å². The number of carbonyl (C=O) groups is 1. The summed E-state index contributed by atoms with van der Waals surface area (Å²) in [5.74, 6) is -0.0598. The van der Waals surface area contributed by atoms with Crippen LogP contribution in [0.1, 0.15) is 33.6 Å². The zero-order chi connectivity index (χ0) is 17.9. The molecule has 5 heteroatoms. The molecule has 4 rings (SSSR count). The van der Waals surface area contributed by atoms with Gasteiger partial charge in [-0.15, -0.1) is 0 Å². The van der Waals surface area contributed by atoms with Crippen LogP contribution >= 0.6 is 0 Å². The summed E-state index contributed by atoms with van der Waals surface area (Å²) in [6.07, 6.45) is 8.45. The van der Waals surface area contributed by atoms with Crippen LogP contribution in [0.4, 0.5) is 0 Å². The lowest BCUT2D eigenvalue weighted by Crippen LogP contribution is -2.41. The number of nitrogens with one attached hydrogen (secondary N) is 2. The van der Waals surface area contributed by atoms with Gasteiger partial charge in [-0.2, -0.15) is 5.10 Å². The lowest BCUT2D eigenvalue weighted by Gasteiger charge is -2.17. The van der Waals surface area contributed by atoms with Crippen molar-refractivity contribution in [3.05, 3.63) is 71.1 Å². The van der Waals surface area contributed by atoms with E-state index < -0.39 is 0 Å². The highest BCUT2D eigenvalue weighted by molar-refractivity contribution is 6.01. The Morgan fingerprint density at radius 2 is 2.15 bits per heavy atom. The zero-order valence-corrected chi connectivity index (χ0v) is 14.5.